The van der Waals surface area contributed by atoms with E-state index in [0.29, 0.717) is 30.7 Å². The third-order valence-corrected chi connectivity index (χ3v) is 4.40. The summed E-state index contributed by atoms with van der Waals surface area (Å²) in [4.78, 5) is 9.12. The molecule has 0 fully saturated rings. The Balaban J connectivity index is 1.85. The maximum absolute atomic E-state index is 5.90. The monoisotopic (exact) mass is 390 g/mol. The summed E-state index contributed by atoms with van der Waals surface area (Å²) < 4.78 is 17.3. The molecule has 27 heavy (non-hydrogen) atoms. The molecule has 0 aliphatic rings. The number of hydrogen-bond donors (Lipinski definition) is 0. The minimum atomic E-state index is 0.409. The van der Waals surface area contributed by atoms with E-state index in [2.05, 4.69) is 10.1 Å². The minimum absolute atomic E-state index is 0.409. The van der Waals surface area contributed by atoms with Gasteiger partial charge in [0.1, 0.15) is 49.8 Å². The Morgan fingerprint density at radius 3 is 2.52 bits per heavy atom. The second-order valence-corrected chi connectivity index (χ2v) is 6.64. The van der Waals surface area contributed by atoms with Crippen molar-refractivity contribution in [2.75, 3.05) is 26.9 Å². The van der Waals surface area contributed by atoms with Crippen LogP contribution in [0.5, 0.6) is 16.7 Å². The van der Waals surface area contributed by atoms with Crippen molar-refractivity contribution < 1.29 is 19.0 Å². The van der Waals surface area contributed by atoms with Gasteiger partial charge in [0.2, 0.25) is 0 Å². The Morgan fingerprint density at radius 2 is 1.85 bits per heavy atom. The molecule has 0 unspecified atom stereocenters. The van der Waals surface area contributed by atoms with E-state index in [-0.39, 0.29) is 0 Å². The van der Waals surface area contributed by atoms with Crippen molar-refractivity contribution in [2.24, 2.45) is 5.16 Å². The van der Waals surface area contributed by atoms with Crippen molar-refractivity contribution in [2.45, 2.75) is 27.7 Å². The Hall–Kier alpha value is -2.54. The molecular formula is C20H26N2O4S. The standard InChI is InChI=1S/C20H26N2O4S/c1-6-7-8-24-17-11-14(2)19(15(3)12-17)25-9-10-26-20-21-18(13-27-20)16(4)22-23-5/h6-7,11-13H,8-10H2,1-5H3/b7-6+,22-16+. The van der Waals surface area contributed by atoms with E-state index in [9.17, 15) is 0 Å². The molecule has 1 heterocycles. The van der Waals surface area contributed by atoms with Gasteiger partial charge in [-0.1, -0.05) is 28.6 Å². The molecule has 0 aliphatic carbocycles. The lowest BCUT2D eigenvalue weighted by Gasteiger charge is -2.14. The highest BCUT2D eigenvalue weighted by Crippen LogP contribution is 2.28. The fourth-order valence-electron chi connectivity index (χ4n) is 2.41. The van der Waals surface area contributed by atoms with E-state index in [4.69, 9.17) is 19.0 Å². The van der Waals surface area contributed by atoms with Gasteiger partial charge in [-0.15, -0.1) is 0 Å². The van der Waals surface area contributed by atoms with Gasteiger partial charge in [-0.25, -0.2) is 4.98 Å². The lowest BCUT2D eigenvalue weighted by molar-refractivity contribution is 0.212. The van der Waals surface area contributed by atoms with Gasteiger partial charge in [-0.05, 0) is 51.0 Å². The lowest BCUT2D eigenvalue weighted by atomic mass is 10.1. The number of rotatable bonds is 10. The van der Waals surface area contributed by atoms with Crippen LogP contribution in [-0.4, -0.2) is 37.6 Å². The SMILES string of the molecule is C/C=C/COc1cc(C)c(OCCOc2nc(/C(C)=N/OC)cs2)c(C)c1. The third kappa shape index (κ3) is 6.29. The Kier molecular flexibility index (Phi) is 8.13. The fourth-order valence-corrected chi connectivity index (χ4v) is 3.15. The van der Waals surface area contributed by atoms with Gasteiger partial charge in [0.05, 0.1) is 0 Å². The van der Waals surface area contributed by atoms with E-state index in [1.54, 1.807) is 0 Å². The molecule has 1 aromatic carbocycles. The van der Waals surface area contributed by atoms with Gasteiger partial charge in [0, 0.05) is 5.38 Å². The first-order valence-electron chi connectivity index (χ1n) is 8.69. The van der Waals surface area contributed by atoms with Crippen LogP contribution in [0.25, 0.3) is 0 Å². The molecule has 1 aromatic heterocycles. The van der Waals surface area contributed by atoms with Crippen molar-refractivity contribution in [1.82, 2.24) is 4.98 Å². The molecule has 0 saturated carbocycles. The first-order chi connectivity index (χ1) is 13.0. The normalized spacial score (nSPS) is 11.7. The van der Waals surface area contributed by atoms with Crippen LogP contribution in [0.1, 0.15) is 30.7 Å². The highest BCUT2D eigenvalue weighted by atomic mass is 32.1. The van der Waals surface area contributed by atoms with Gasteiger partial charge in [-0.2, -0.15) is 0 Å². The number of hydrogen-bond acceptors (Lipinski definition) is 7. The van der Waals surface area contributed by atoms with Gasteiger partial charge in [-0.3, -0.25) is 0 Å². The summed E-state index contributed by atoms with van der Waals surface area (Å²) in [5.74, 6) is 1.70. The zero-order chi connectivity index (χ0) is 19.6. The van der Waals surface area contributed by atoms with Crippen molar-refractivity contribution >= 4 is 17.0 Å². The number of benzene rings is 1. The van der Waals surface area contributed by atoms with E-state index < -0.39 is 0 Å². The van der Waals surface area contributed by atoms with E-state index >= 15 is 0 Å². The van der Waals surface area contributed by atoms with Crippen molar-refractivity contribution in [1.29, 1.82) is 0 Å². The van der Waals surface area contributed by atoms with Crippen LogP contribution < -0.4 is 14.2 Å². The Bertz CT molecular complexity index is 776. The molecule has 6 nitrogen and oxygen atoms in total. The number of aromatic nitrogens is 1. The third-order valence-electron chi connectivity index (χ3n) is 3.65. The molecular weight excluding hydrogens is 364 g/mol. The molecule has 146 valence electrons. The van der Waals surface area contributed by atoms with Crippen LogP contribution >= 0.6 is 11.3 Å². The number of aryl methyl sites for hydroxylation is 2. The van der Waals surface area contributed by atoms with Crippen LogP contribution in [0.2, 0.25) is 0 Å². The van der Waals surface area contributed by atoms with E-state index in [1.165, 1.54) is 18.4 Å². The summed E-state index contributed by atoms with van der Waals surface area (Å²) in [6.07, 6.45) is 3.94. The van der Waals surface area contributed by atoms with Crippen LogP contribution in [-0.2, 0) is 4.84 Å². The molecule has 0 aliphatic heterocycles. The molecule has 0 spiro atoms. The number of ether oxygens (including phenoxy) is 3. The number of thiazole rings is 1. The molecule has 2 rings (SSSR count). The van der Waals surface area contributed by atoms with Gasteiger partial charge < -0.3 is 19.0 Å². The average Bonchev–Trinajstić information content (AvgIpc) is 3.10. The number of oxime groups is 1. The maximum Gasteiger partial charge on any atom is 0.273 e. The zero-order valence-electron chi connectivity index (χ0n) is 16.4. The van der Waals surface area contributed by atoms with Crippen molar-refractivity contribution in [3.8, 4) is 16.7 Å². The highest BCUT2D eigenvalue weighted by molar-refractivity contribution is 7.11. The first kappa shape index (κ1) is 20.8. The predicted molar refractivity (Wildman–Crippen MR) is 109 cm³/mol. The molecule has 0 atom stereocenters. The van der Waals surface area contributed by atoms with Crippen LogP contribution in [0, 0.1) is 13.8 Å². The Morgan fingerprint density at radius 1 is 1.15 bits per heavy atom. The van der Waals surface area contributed by atoms with E-state index in [1.807, 2.05) is 57.4 Å². The largest absolute Gasteiger partial charge is 0.490 e. The van der Waals surface area contributed by atoms with Crippen molar-refractivity contribution in [3.63, 3.8) is 0 Å². The van der Waals surface area contributed by atoms with Gasteiger partial charge in [0.25, 0.3) is 5.19 Å². The van der Waals surface area contributed by atoms with Gasteiger partial charge >= 0.3 is 0 Å². The molecule has 0 N–H and O–H groups in total. The summed E-state index contributed by atoms with van der Waals surface area (Å²) in [6.45, 7) is 9.23. The van der Waals surface area contributed by atoms with Crippen LogP contribution in [0.4, 0.5) is 0 Å². The summed E-state index contributed by atoms with van der Waals surface area (Å²) in [5, 5.41) is 6.33. The fraction of sp³-hybridized carbons (Fsp3) is 0.400. The first-order valence-corrected chi connectivity index (χ1v) is 9.57. The predicted octanol–water partition coefficient (Wildman–Crippen LogP) is 4.54. The van der Waals surface area contributed by atoms with Crippen LogP contribution in [0.15, 0.2) is 34.8 Å². The van der Waals surface area contributed by atoms with Crippen molar-refractivity contribution in [3.05, 3.63) is 46.5 Å². The summed E-state index contributed by atoms with van der Waals surface area (Å²) >= 11 is 1.42. The molecule has 2 aromatic rings. The molecule has 7 heteroatoms. The second-order valence-electron chi connectivity index (χ2n) is 5.82. The number of allylic oxidation sites excluding steroid dienone is 1. The Labute approximate surface area is 164 Å². The molecule has 0 amide bonds. The quantitative estimate of drug-likeness (QED) is 0.258. The summed E-state index contributed by atoms with van der Waals surface area (Å²) in [5.41, 5.74) is 3.53. The molecule has 0 bridgehead atoms. The van der Waals surface area contributed by atoms with Gasteiger partial charge in [0.15, 0.2) is 0 Å². The number of nitrogens with zero attached hydrogens (tertiary/aromatic N) is 2. The topological polar surface area (TPSA) is 62.2 Å². The zero-order valence-corrected chi connectivity index (χ0v) is 17.3. The summed E-state index contributed by atoms with van der Waals surface area (Å²) in [6, 6.07) is 3.97. The maximum atomic E-state index is 5.90. The minimum Gasteiger partial charge on any atom is -0.490 e. The van der Waals surface area contributed by atoms with Crippen LogP contribution in [0.3, 0.4) is 0 Å². The molecule has 0 radical (unpaired) electrons. The second kappa shape index (κ2) is 10.6. The smallest absolute Gasteiger partial charge is 0.273 e. The van der Waals surface area contributed by atoms with E-state index in [0.717, 1.165) is 28.3 Å². The highest BCUT2D eigenvalue weighted by Gasteiger charge is 2.09. The summed E-state index contributed by atoms with van der Waals surface area (Å²) in [7, 11) is 1.51. The average molecular weight is 391 g/mol. The molecule has 0 saturated heterocycles. The lowest BCUT2D eigenvalue weighted by Crippen LogP contribution is -2.10.